The largest absolute Gasteiger partial charge is 0.313 e. The van der Waals surface area contributed by atoms with Crippen LogP contribution >= 0.6 is 0 Å². The van der Waals surface area contributed by atoms with Crippen molar-refractivity contribution in [3.05, 3.63) is 18.0 Å². The van der Waals surface area contributed by atoms with Crippen molar-refractivity contribution < 1.29 is 0 Å². The number of nitrogens with one attached hydrogen (secondary N) is 1. The van der Waals surface area contributed by atoms with Gasteiger partial charge in [0.15, 0.2) is 0 Å². The zero-order valence-corrected chi connectivity index (χ0v) is 12.1. The van der Waals surface area contributed by atoms with E-state index in [0.717, 1.165) is 6.54 Å². The van der Waals surface area contributed by atoms with E-state index in [0.29, 0.717) is 18.1 Å². The van der Waals surface area contributed by atoms with Crippen LogP contribution in [0.4, 0.5) is 0 Å². The second-order valence-electron chi connectivity index (χ2n) is 5.71. The van der Waals surface area contributed by atoms with Gasteiger partial charge in [-0.05, 0) is 40.2 Å². The van der Waals surface area contributed by atoms with Crippen molar-refractivity contribution >= 4 is 0 Å². The van der Waals surface area contributed by atoms with E-state index in [-0.39, 0.29) is 0 Å². The van der Waals surface area contributed by atoms with Gasteiger partial charge < -0.3 is 5.32 Å². The molecule has 0 amide bonds. The summed E-state index contributed by atoms with van der Waals surface area (Å²) < 4.78 is 1.89. The predicted octanol–water partition coefficient (Wildman–Crippen LogP) is 1.94. The highest BCUT2D eigenvalue weighted by molar-refractivity contribution is 5.10. The van der Waals surface area contributed by atoms with E-state index in [9.17, 15) is 0 Å². The number of aryl methyl sites for hydroxylation is 1. The molecule has 102 valence electrons. The second-order valence-corrected chi connectivity index (χ2v) is 5.71. The maximum atomic E-state index is 4.29. The fraction of sp³-hybridized carbons (Fsp3) is 0.786. The van der Waals surface area contributed by atoms with Crippen molar-refractivity contribution in [2.45, 2.75) is 51.7 Å². The molecule has 1 aliphatic rings. The van der Waals surface area contributed by atoms with Gasteiger partial charge in [-0.3, -0.25) is 9.58 Å². The first-order chi connectivity index (χ1) is 8.58. The first-order valence-electron chi connectivity index (χ1n) is 7.05. The van der Waals surface area contributed by atoms with Gasteiger partial charge in [0, 0.05) is 43.5 Å². The van der Waals surface area contributed by atoms with Crippen LogP contribution in [0.3, 0.4) is 0 Å². The van der Waals surface area contributed by atoms with Crippen LogP contribution in [0.15, 0.2) is 12.4 Å². The second kappa shape index (κ2) is 5.85. The molecule has 2 heterocycles. The molecule has 0 aromatic carbocycles. The molecule has 4 heteroatoms. The molecular weight excluding hydrogens is 224 g/mol. The lowest BCUT2D eigenvalue weighted by atomic mass is 10.1. The molecule has 0 saturated carbocycles. The van der Waals surface area contributed by atoms with Crippen LogP contribution < -0.4 is 5.32 Å². The van der Waals surface area contributed by atoms with Crippen molar-refractivity contribution in [3.8, 4) is 0 Å². The molecule has 2 atom stereocenters. The summed E-state index contributed by atoms with van der Waals surface area (Å²) in [4.78, 5) is 2.57. The van der Waals surface area contributed by atoms with Crippen LogP contribution in [0.25, 0.3) is 0 Å². The summed E-state index contributed by atoms with van der Waals surface area (Å²) in [5.41, 5.74) is 1.31. The molecule has 0 spiro atoms. The van der Waals surface area contributed by atoms with Gasteiger partial charge in [0.2, 0.25) is 0 Å². The summed E-state index contributed by atoms with van der Waals surface area (Å²) in [6.45, 7) is 9.15. The summed E-state index contributed by atoms with van der Waals surface area (Å²) in [5.74, 6) is 0. The van der Waals surface area contributed by atoms with Gasteiger partial charge in [0.25, 0.3) is 0 Å². The molecule has 1 aliphatic heterocycles. The zero-order chi connectivity index (χ0) is 13.1. The lowest BCUT2D eigenvalue weighted by Crippen LogP contribution is -2.42. The lowest BCUT2D eigenvalue weighted by molar-refractivity contribution is 0.149. The number of nitrogens with zero attached hydrogens (tertiary/aromatic N) is 3. The molecule has 2 unspecified atom stereocenters. The van der Waals surface area contributed by atoms with Gasteiger partial charge >= 0.3 is 0 Å². The number of hydrogen-bond acceptors (Lipinski definition) is 3. The van der Waals surface area contributed by atoms with E-state index in [2.05, 4.69) is 42.3 Å². The number of rotatable bonds is 5. The first-order valence-corrected chi connectivity index (χ1v) is 7.05. The van der Waals surface area contributed by atoms with Crippen LogP contribution in [0.1, 0.15) is 45.2 Å². The van der Waals surface area contributed by atoms with Crippen LogP contribution in [-0.4, -0.2) is 39.9 Å². The van der Waals surface area contributed by atoms with Crippen molar-refractivity contribution in [3.63, 3.8) is 0 Å². The average molecular weight is 250 g/mol. The van der Waals surface area contributed by atoms with Gasteiger partial charge in [-0.15, -0.1) is 0 Å². The first kappa shape index (κ1) is 13.6. The third-order valence-corrected chi connectivity index (χ3v) is 3.96. The van der Waals surface area contributed by atoms with Crippen LogP contribution in [0.5, 0.6) is 0 Å². The minimum atomic E-state index is 0.432. The third kappa shape index (κ3) is 3.12. The topological polar surface area (TPSA) is 33.1 Å². The molecule has 1 aromatic heterocycles. The minimum absolute atomic E-state index is 0.432. The molecule has 1 N–H and O–H groups in total. The smallest absolute Gasteiger partial charge is 0.0537 e. The van der Waals surface area contributed by atoms with Gasteiger partial charge in [-0.25, -0.2) is 0 Å². The molecule has 0 radical (unpaired) electrons. The van der Waals surface area contributed by atoms with Crippen LogP contribution in [-0.2, 0) is 7.05 Å². The van der Waals surface area contributed by atoms with Gasteiger partial charge in [0.05, 0.1) is 6.20 Å². The van der Waals surface area contributed by atoms with Gasteiger partial charge in [0.1, 0.15) is 0 Å². The molecule has 4 nitrogen and oxygen atoms in total. The fourth-order valence-corrected chi connectivity index (χ4v) is 2.83. The summed E-state index contributed by atoms with van der Waals surface area (Å²) in [6.07, 6.45) is 6.74. The maximum absolute atomic E-state index is 4.29. The van der Waals surface area contributed by atoms with E-state index in [1.807, 2.05) is 17.9 Å². The lowest BCUT2D eigenvalue weighted by Gasteiger charge is -2.34. The standard InChI is InChI=1S/C14H26N4/c1-11(2)18(10-14-6-5-7-15-14)12(3)13-8-16-17(4)9-13/h8-9,11-12,14-15H,5-7,10H2,1-4H3. The predicted molar refractivity (Wildman–Crippen MR) is 74.5 cm³/mol. The molecule has 1 aromatic rings. The molecule has 0 aliphatic carbocycles. The summed E-state index contributed by atoms with van der Waals surface area (Å²) in [5, 5.41) is 7.88. The SMILES string of the molecule is CC(C)N(CC1CCCN1)C(C)c1cnn(C)c1. The Balaban J connectivity index is 2.04. The fourth-order valence-electron chi connectivity index (χ4n) is 2.83. The van der Waals surface area contributed by atoms with Crippen LogP contribution in [0.2, 0.25) is 0 Å². The Bertz CT molecular complexity index is 366. The number of hydrogen-bond donors (Lipinski definition) is 1. The normalized spacial score (nSPS) is 22.0. The summed E-state index contributed by atoms with van der Waals surface area (Å²) in [7, 11) is 1.98. The molecule has 0 bridgehead atoms. The maximum Gasteiger partial charge on any atom is 0.0537 e. The Labute approximate surface area is 110 Å². The molecule has 2 rings (SSSR count). The van der Waals surface area contributed by atoms with Crippen molar-refractivity contribution in [1.29, 1.82) is 0 Å². The van der Waals surface area contributed by atoms with E-state index < -0.39 is 0 Å². The average Bonchev–Trinajstić information content (AvgIpc) is 2.95. The summed E-state index contributed by atoms with van der Waals surface area (Å²) in [6, 6.07) is 1.65. The van der Waals surface area contributed by atoms with E-state index >= 15 is 0 Å². The van der Waals surface area contributed by atoms with E-state index in [1.54, 1.807) is 0 Å². The van der Waals surface area contributed by atoms with E-state index in [4.69, 9.17) is 0 Å². The number of aromatic nitrogens is 2. The third-order valence-electron chi connectivity index (χ3n) is 3.96. The molecule has 1 saturated heterocycles. The van der Waals surface area contributed by atoms with E-state index in [1.165, 1.54) is 24.9 Å². The minimum Gasteiger partial charge on any atom is -0.313 e. The van der Waals surface area contributed by atoms with Crippen molar-refractivity contribution in [2.24, 2.45) is 7.05 Å². The Morgan fingerprint density at radius 1 is 1.50 bits per heavy atom. The quantitative estimate of drug-likeness (QED) is 0.867. The Hall–Kier alpha value is -0.870. The Morgan fingerprint density at radius 2 is 2.28 bits per heavy atom. The van der Waals surface area contributed by atoms with Gasteiger partial charge in [-0.2, -0.15) is 5.10 Å². The Morgan fingerprint density at radius 3 is 2.78 bits per heavy atom. The highest BCUT2D eigenvalue weighted by Gasteiger charge is 2.24. The zero-order valence-electron chi connectivity index (χ0n) is 12.1. The van der Waals surface area contributed by atoms with Crippen molar-refractivity contribution in [2.75, 3.05) is 13.1 Å². The molecule has 18 heavy (non-hydrogen) atoms. The molecular formula is C14H26N4. The van der Waals surface area contributed by atoms with Crippen molar-refractivity contribution in [1.82, 2.24) is 20.0 Å². The van der Waals surface area contributed by atoms with Gasteiger partial charge in [-0.1, -0.05) is 0 Å². The monoisotopic (exact) mass is 250 g/mol. The Kier molecular flexibility index (Phi) is 4.40. The van der Waals surface area contributed by atoms with Crippen LogP contribution in [0, 0.1) is 0 Å². The molecule has 1 fully saturated rings. The highest BCUT2D eigenvalue weighted by atomic mass is 15.3. The highest BCUT2D eigenvalue weighted by Crippen LogP contribution is 2.23. The summed E-state index contributed by atoms with van der Waals surface area (Å²) >= 11 is 0.